The predicted octanol–water partition coefficient (Wildman–Crippen LogP) is 2.38. The predicted molar refractivity (Wildman–Crippen MR) is 88.5 cm³/mol. The van der Waals surface area contributed by atoms with Crippen LogP contribution >= 0.6 is 0 Å². The maximum absolute atomic E-state index is 6.34. The normalized spacial score (nSPS) is 31.1. The molecule has 2 aliphatic rings. The molecule has 0 amide bonds. The lowest BCUT2D eigenvalue weighted by Crippen LogP contribution is -2.59. The number of hydrogen-bond acceptors (Lipinski definition) is 3. The molecule has 3 heteroatoms. The van der Waals surface area contributed by atoms with Crippen molar-refractivity contribution >= 4 is 0 Å². The Morgan fingerprint density at radius 1 is 1.19 bits per heavy atom. The van der Waals surface area contributed by atoms with Gasteiger partial charge in [-0.25, -0.2) is 0 Å². The fourth-order valence-electron chi connectivity index (χ4n) is 4.26. The quantitative estimate of drug-likeness (QED) is 0.926. The summed E-state index contributed by atoms with van der Waals surface area (Å²) in [5.41, 5.74) is 9.43. The van der Waals surface area contributed by atoms with Crippen molar-refractivity contribution in [3.05, 3.63) is 35.4 Å². The molecule has 0 aromatic heterocycles. The number of rotatable bonds is 3. The summed E-state index contributed by atoms with van der Waals surface area (Å²) in [5, 5.41) is 0. The largest absolute Gasteiger partial charge is 0.328 e. The number of hydrogen-bond donors (Lipinski definition) is 1. The first-order chi connectivity index (χ1) is 10.2. The van der Waals surface area contributed by atoms with Crippen LogP contribution in [-0.4, -0.2) is 49.1 Å². The van der Waals surface area contributed by atoms with Crippen LogP contribution < -0.4 is 5.73 Å². The van der Waals surface area contributed by atoms with Crippen LogP contribution in [-0.2, 0) is 5.54 Å². The van der Waals surface area contributed by atoms with Gasteiger partial charge in [-0.05, 0) is 36.4 Å². The molecule has 0 spiro atoms. The van der Waals surface area contributed by atoms with Crippen molar-refractivity contribution in [3.8, 4) is 0 Å². The van der Waals surface area contributed by atoms with Gasteiger partial charge in [-0.15, -0.1) is 0 Å². The average molecular weight is 287 g/mol. The van der Waals surface area contributed by atoms with E-state index in [1.807, 2.05) is 0 Å². The lowest BCUT2D eigenvalue weighted by molar-refractivity contribution is 0.0222. The number of nitrogens with zero attached hydrogens (tertiary/aromatic N) is 2. The van der Waals surface area contributed by atoms with Crippen LogP contribution in [0.15, 0.2) is 24.3 Å². The smallest absolute Gasteiger partial charge is 0.0587 e. The van der Waals surface area contributed by atoms with Gasteiger partial charge in [0, 0.05) is 32.7 Å². The minimum absolute atomic E-state index is 0.0724. The van der Waals surface area contributed by atoms with E-state index in [1.165, 1.54) is 37.1 Å². The minimum Gasteiger partial charge on any atom is -0.328 e. The first-order valence-corrected chi connectivity index (χ1v) is 8.48. The monoisotopic (exact) mass is 287 g/mol. The first kappa shape index (κ1) is 15.0. The zero-order chi connectivity index (χ0) is 14.9. The highest BCUT2D eigenvalue weighted by Gasteiger charge is 2.42. The summed E-state index contributed by atoms with van der Waals surface area (Å²) in [7, 11) is 0. The van der Waals surface area contributed by atoms with Crippen molar-refractivity contribution in [1.82, 2.24) is 9.80 Å². The number of fused-ring (bicyclic) bond motifs is 1. The summed E-state index contributed by atoms with van der Waals surface area (Å²) >= 11 is 0. The van der Waals surface area contributed by atoms with Crippen LogP contribution in [0.25, 0.3) is 0 Å². The molecule has 1 fully saturated rings. The van der Waals surface area contributed by atoms with Crippen molar-refractivity contribution in [2.45, 2.75) is 38.1 Å². The molecule has 1 heterocycles. The summed E-state index contributed by atoms with van der Waals surface area (Å²) < 4.78 is 0. The zero-order valence-corrected chi connectivity index (χ0v) is 13.5. The Labute approximate surface area is 129 Å². The van der Waals surface area contributed by atoms with Gasteiger partial charge >= 0.3 is 0 Å². The third kappa shape index (κ3) is 2.52. The lowest BCUT2D eigenvalue weighted by Gasteiger charge is -2.51. The Morgan fingerprint density at radius 2 is 1.90 bits per heavy atom. The molecule has 0 bridgehead atoms. The second kappa shape index (κ2) is 6.07. The molecule has 1 aliphatic heterocycles. The van der Waals surface area contributed by atoms with Crippen LogP contribution in [0.5, 0.6) is 0 Å². The molecular formula is C18H29N3. The van der Waals surface area contributed by atoms with E-state index in [4.69, 9.17) is 5.73 Å². The van der Waals surface area contributed by atoms with Crippen LogP contribution in [0.4, 0.5) is 0 Å². The average Bonchev–Trinajstić information content (AvgIpc) is 2.56. The third-order valence-electron chi connectivity index (χ3n) is 5.75. The van der Waals surface area contributed by atoms with Gasteiger partial charge in [-0.2, -0.15) is 0 Å². The van der Waals surface area contributed by atoms with Gasteiger partial charge in [0.25, 0.3) is 0 Å². The highest BCUT2D eigenvalue weighted by Crippen LogP contribution is 2.44. The van der Waals surface area contributed by atoms with Gasteiger partial charge in [0.1, 0.15) is 0 Å². The van der Waals surface area contributed by atoms with E-state index in [0.29, 0.717) is 5.92 Å². The number of piperazine rings is 1. The minimum atomic E-state index is 0.0724. The Balaban J connectivity index is 1.92. The Bertz CT molecular complexity index is 479. The number of likely N-dealkylation sites (N-methyl/N-ethyl adjacent to an activating group) is 1. The molecule has 0 saturated carbocycles. The molecule has 2 unspecified atom stereocenters. The van der Waals surface area contributed by atoms with Crippen molar-refractivity contribution < 1.29 is 0 Å². The summed E-state index contributed by atoms with van der Waals surface area (Å²) in [4.78, 5) is 5.21. The Morgan fingerprint density at radius 3 is 2.57 bits per heavy atom. The topological polar surface area (TPSA) is 32.5 Å². The first-order valence-electron chi connectivity index (χ1n) is 8.48. The molecule has 116 valence electrons. The molecule has 1 aromatic rings. The van der Waals surface area contributed by atoms with E-state index < -0.39 is 0 Å². The van der Waals surface area contributed by atoms with E-state index in [2.05, 4.69) is 47.9 Å². The van der Waals surface area contributed by atoms with Gasteiger partial charge in [-0.1, -0.05) is 38.1 Å². The molecule has 21 heavy (non-hydrogen) atoms. The molecule has 1 aliphatic carbocycles. The van der Waals surface area contributed by atoms with Crippen LogP contribution in [0, 0.1) is 0 Å². The maximum Gasteiger partial charge on any atom is 0.0587 e. The summed E-state index contributed by atoms with van der Waals surface area (Å²) in [6.45, 7) is 11.2. The van der Waals surface area contributed by atoms with Gasteiger partial charge in [-0.3, -0.25) is 4.90 Å². The molecule has 1 saturated heterocycles. The Kier molecular flexibility index (Phi) is 4.34. The zero-order valence-electron chi connectivity index (χ0n) is 13.5. The van der Waals surface area contributed by atoms with Crippen LogP contribution in [0.2, 0.25) is 0 Å². The van der Waals surface area contributed by atoms with Gasteiger partial charge < -0.3 is 10.6 Å². The van der Waals surface area contributed by atoms with Crippen molar-refractivity contribution in [1.29, 1.82) is 0 Å². The molecule has 3 rings (SSSR count). The summed E-state index contributed by atoms with van der Waals surface area (Å²) in [6, 6.07) is 9.00. The lowest BCUT2D eigenvalue weighted by atomic mass is 9.71. The highest BCUT2D eigenvalue weighted by molar-refractivity contribution is 5.39. The number of nitrogens with two attached hydrogens (primary N) is 1. The fourth-order valence-corrected chi connectivity index (χ4v) is 4.26. The van der Waals surface area contributed by atoms with Crippen molar-refractivity contribution in [2.24, 2.45) is 5.73 Å². The van der Waals surface area contributed by atoms with Crippen LogP contribution in [0.3, 0.4) is 0 Å². The standard InChI is InChI=1S/C18H29N3/c1-3-20-10-12-21(13-11-20)18(14-19)9-8-15(2)16-6-4-5-7-17(16)18/h4-7,15H,3,8-14,19H2,1-2H3. The molecule has 1 aromatic carbocycles. The van der Waals surface area contributed by atoms with Crippen molar-refractivity contribution in [2.75, 3.05) is 39.3 Å². The third-order valence-corrected chi connectivity index (χ3v) is 5.75. The van der Waals surface area contributed by atoms with E-state index in [0.717, 1.165) is 26.2 Å². The second-order valence-corrected chi connectivity index (χ2v) is 6.68. The second-order valence-electron chi connectivity index (χ2n) is 6.68. The maximum atomic E-state index is 6.34. The van der Waals surface area contributed by atoms with E-state index in [9.17, 15) is 0 Å². The highest BCUT2D eigenvalue weighted by atomic mass is 15.3. The van der Waals surface area contributed by atoms with E-state index in [1.54, 1.807) is 0 Å². The van der Waals surface area contributed by atoms with E-state index in [-0.39, 0.29) is 5.54 Å². The molecule has 2 N–H and O–H groups in total. The SMILES string of the molecule is CCN1CCN(C2(CN)CCC(C)c3ccccc32)CC1. The van der Waals surface area contributed by atoms with Gasteiger partial charge in [0.15, 0.2) is 0 Å². The molecule has 2 atom stereocenters. The Hall–Kier alpha value is -0.900. The summed E-state index contributed by atoms with van der Waals surface area (Å²) in [5.74, 6) is 0.665. The van der Waals surface area contributed by atoms with Crippen molar-refractivity contribution in [3.63, 3.8) is 0 Å². The molecular weight excluding hydrogens is 258 g/mol. The molecule has 0 radical (unpaired) electrons. The summed E-state index contributed by atoms with van der Waals surface area (Å²) in [6.07, 6.45) is 2.45. The van der Waals surface area contributed by atoms with Crippen LogP contribution in [0.1, 0.15) is 43.7 Å². The van der Waals surface area contributed by atoms with Gasteiger partial charge in [0.05, 0.1) is 5.54 Å². The number of benzene rings is 1. The fraction of sp³-hybridized carbons (Fsp3) is 0.667. The molecule has 3 nitrogen and oxygen atoms in total. The van der Waals surface area contributed by atoms with E-state index >= 15 is 0 Å². The van der Waals surface area contributed by atoms with Gasteiger partial charge in [0.2, 0.25) is 0 Å².